The van der Waals surface area contributed by atoms with Crippen LogP contribution in [0, 0.1) is 6.92 Å². The number of rotatable bonds is 8. The molecule has 2 aromatic rings. The second kappa shape index (κ2) is 10.8. The molecule has 0 aromatic heterocycles. The first-order valence-corrected chi connectivity index (χ1v) is 11.3. The number of morpholine rings is 1. The highest BCUT2D eigenvalue weighted by Gasteiger charge is 2.23. The van der Waals surface area contributed by atoms with Crippen LogP contribution in [0.3, 0.4) is 0 Å². The van der Waals surface area contributed by atoms with E-state index in [2.05, 4.69) is 79.5 Å². The lowest BCUT2D eigenvalue weighted by atomic mass is 10.0. The normalized spacial score (nSPS) is 16.0. The fraction of sp³-hybridized carbons (Fsp3) is 0.458. The summed E-state index contributed by atoms with van der Waals surface area (Å²) in [6.45, 7) is 10.4. The monoisotopic (exact) mass is 412 g/mol. The van der Waals surface area contributed by atoms with Crippen LogP contribution in [0.5, 0.6) is 0 Å². The summed E-state index contributed by atoms with van der Waals surface area (Å²) in [6, 6.07) is 17.1. The number of hydrogen-bond donors (Lipinski definition) is 1. The number of nitrogens with zero attached hydrogens (tertiary/aromatic N) is 1. The van der Waals surface area contributed by atoms with Crippen LogP contribution < -0.4 is 5.32 Å². The van der Waals surface area contributed by atoms with Gasteiger partial charge in [0.15, 0.2) is 0 Å². The van der Waals surface area contributed by atoms with Crippen molar-refractivity contribution in [3.05, 3.63) is 65.2 Å². The lowest BCUT2D eigenvalue weighted by Crippen LogP contribution is -2.44. The Labute approximate surface area is 179 Å². The van der Waals surface area contributed by atoms with E-state index < -0.39 is 0 Å². The van der Waals surface area contributed by atoms with E-state index in [0.29, 0.717) is 18.2 Å². The SMILES string of the molecule is Cc1ccc(C(CNC(=O)Cc2ccc(SC(C)C)cc2)N2CCOCC2)cc1. The molecule has 29 heavy (non-hydrogen) atoms. The van der Waals surface area contributed by atoms with Crippen molar-refractivity contribution in [1.29, 1.82) is 0 Å². The molecule has 0 radical (unpaired) electrons. The van der Waals surface area contributed by atoms with E-state index in [-0.39, 0.29) is 11.9 Å². The zero-order valence-corrected chi connectivity index (χ0v) is 18.5. The largest absolute Gasteiger partial charge is 0.379 e. The van der Waals surface area contributed by atoms with Gasteiger partial charge >= 0.3 is 0 Å². The van der Waals surface area contributed by atoms with Crippen molar-refractivity contribution in [1.82, 2.24) is 10.2 Å². The van der Waals surface area contributed by atoms with Crippen LogP contribution in [-0.2, 0) is 16.0 Å². The van der Waals surface area contributed by atoms with Gasteiger partial charge in [-0.3, -0.25) is 9.69 Å². The number of hydrogen-bond acceptors (Lipinski definition) is 4. The molecule has 1 fully saturated rings. The maximum atomic E-state index is 12.6. The summed E-state index contributed by atoms with van der Waals surface area (Å²) in [7, 11) is 0. The predicted molar refractivity (Wildman–Crippen MR) is 120 cm³/mol. The molecule has 1 unspecified atom stereocenters. The standard InChI is InChI=1S/C24H32N2O2S/c1-18(2)29-22-10-6-20(7-11-22)16-24(27)25-17-23(26-12-14-28-15-13-26)21-8-4-19(3)5-9-21/h4-11,18,23H,12-17H2,1-3H3,(H,25,27). The lowest BCUT2D eigenvalue weighted by Gasteiger charge is -2.35. The number of thioether (sulfide) groups is 1. The van der Waals surface area contributed by atoms with Crippen molar-refractivity contribution < 1.29 is 9.53 Å². The topological polar surface area (TPSA) is 41.6 Å². The minimum atomic E-state index is 0.0691. The highest BCUT2D eigenvalue weighted by molar-refractivity contribution is 7.99. The molecular weight excluding hydrogens is 380 g/mol. The Balaban J connectivity index is 1.59. The number of carbonyl (C=O) groups is 1. The Kier molecular flexibility index (Phi) is 8.16. The van der Waals surface area contributed by atoms with Crippen molar-refractivity contribution in [3.8, 4) is 0 Å². The minimum Gasteiger partial charge on any atom is -0.379 e. The van der Waals surface area contributed by atoms with Gasteiger partial charge in [-0.2, -0.15) is 0 Å². The van der Waals surface area contributed by atoms with E-state index in [0.717, 1.165) is 31.9 Å². The summed E-state index contributed by atoms with van der Waals surface area (Å²) < 4.78 is 5.51. The van der Waals surface area contributed by atoms with Crippen LogP contribution in [0.2, 0.25) is 0 Å². The van der Waals surface area contributed by atoms with Crippen molar-refractivity contribution in [3.63, 3.8) is 0 Å². The summed E-state index contributed by atoms with van der Waals surface area (Å²) in [5.74, 6) is 0.0691. The van der Waals surface area contributed by atoms with Gasteiger partial charge in [-0.25, -0.2) is 0 Å². The third-order valence-corrected chi connectivity index (χ3v) is 6.12. The summed E-state index contributed by atoms with van der Waals surface area (Å²) in [5, 5.41) is 3.72. The third kappa shape index (κ3) is 6.88. The fourth-order valence-electron chi connectivity index (χ4n) is 3.55. The molecule has 0 bridgehead atoms. The maximum absolute atomic E-state index is 12.6. The molecule has 3 rings (SSSR count). The predicted octanol–water partition coefficient (Wildman–Crippen LogP) is 4.23. The highest BCUT2D eigenvalue weighted by Crippen LogP contribution is 2.24. The van der Waals surface area contributed by atoms with E-state index in [1.54, 1.807) is 0 Å². The van der Waals surface area contributed by atoms with Gasteiger partial charge in [-0.05, 0) is 30.2 Å². The van der Waals surface area contributed by atoms with Gasteiger partial charge in [0.2, 0.25) is 5.91 Å². The molecule has 156 valence electrons. The zero-order valence-electron chi connectivity index (χ0n) is 17.7. The van der Waals surface area contributed by atoms with Crippen LogP contribution in [0.25, 0.3) is 0 Å². The number of nitrogens with one attached hydrogen (secondary N) is 1. The second-order valence-corrected chi connectivity index (χ2v) is 9.52. The van der Waals surface area contributed by atoms with Gasteiger partial charge < -0.3 is 10.1 Å². The number of ether oxygens (including phenoxy) is 1. The quantitative estimate of drug-likeness (QED) is 0.659. The number of benzene rings is 2. The Morgan fingerprint density at radius 1 is 1.07 bits per heavy atom. The van der Waals surface area contributed by atoms with Crippen LogP contribution in [0.1, 0.15) is 36.6 Å². The molecule has 1 aliphatic rings. The fourth-order valence-corrected chi connectivity index (χ4v) is 4.39. The van der Waals surface area contributed by atoms with Crippen LogP contribution in [-0.4, -0.2) is 48.9 Å². The molecule has 5 heteroatoms. The number of aryl methyl sites for hydroxylation is 1. The van der Waals surface area contributed by atoms with Gasteiger partial charge in [0.25, 0.3) is 0 Å². The molecule has 0 saturated carbocycles. The molecule has 1 saturated heterocycles. The molecule has 1 heterocycles. The first-order chi connectivity index (χ1) is 14.0. The molecule has 1 amide bonds. The summed E-state index contributed by atoms with van der Waals surface area (Å²) in [6.07, 6.45) is 0.413. The van der Waals surface area contributed by atoms with Gasteiger partial charge in [0.05, 0.1) is 25.7 Å². The van der Waals surface area contributed by atoms with Crippen molar-refractivity contribution in [2.75, 3.05) is 32.8 Å². The van der Waals surface area contributed by atoms with Crippen LogP contribution >= 0.6 is 11.8 Å². The second-order valence-electron chi connectivity index (χ2n) is 7.87. The summed E-state index contributed by atoms with van der Waals surface area (Å²) >= 11 is 1.84. The molecule has 2 aromatic carbocycles. The Bertz CT molecular complexity index is 768. The van der Waals surface area contributed by atoms with Crippen molar-refractivity contribution >= 4 is 17.7 Å². The molecule has 1 N–H and O–H groups in total. The average molecular weight is 413 g/mol. The molecule has 4 nitrogen and oxygen atoms in total. The van der Waals surface area contributed by atoms with Crippen LogP contribution in [0.15, 0.2) is 53.4 Å². The molecule has 0 aliphatic carbocycles. The highest BCUT2D eigenvalue weighted by atomic mass is 32.2. The lowest BCUT2D eigenvalue weighted by molar-refractivity contribution is -0.120. The van der Waals surface area contributed by atoms with E-state index in [4.69, 9.17) is 4.74 Å². The first kappa shape index (κ1) is 21.9. The Morgan fingerprint density at radius 2 is 1.72 bits per heavy atom. The van der Waals surface area contributed by atoms with Gasteiger partial charge in [-0.15, -0.1) is 11.8 Å². The first-order valence-electron chi connectivity index (χ1n) is 10.4. The van der Waals surface area contributed by atoms with E-state index in [1.807, 2.05) is 11.8 Å². The Morgan fingerprint density at radius 3 is 2.34 bits per heavy atom. The molecular formula is C24H32N2O2S. The smallest absolute Gasteiger partial charge is 0.224 e. The van der Waals surface area contributed by atoms with Gasteiger partial charge in [0.1, 0.15) is 0 Å². The van der Waals surface area contributed by atoms with Crippen molar-refractivity contribution in [2.24, 2.45) is 0 Å². The number of amides is 1. The van der Waals surface area contributed by atoms with E-state index >= 15 is 0 Å². The Hall–Kier alpha value is -1.82. The maximum Gasteiger partial charge on any atom is 0.224 e. The van der Waals surface area contributed by atoms with E-state index in [1.165, 1.54) is 16.0 Å². The van der Waals surface area contributed by atoms with Crippen molar-refractivity contribution in [2.45, 2.75) is 43.4 Å². The number of carbonyl (C=O) groups excluding carboxylic acids is 1. The molecule has 0 spiro atoms. The van der Waals surface area contributed by atoms with E-state index in [9.17, 15) is 4.79 Å². The average Bonchev–Trinajstić information content (AvgIpc) is 2.71. The summed E-state index contributed by atoms with van der Waals surface area (Å²) in [5.41, 5.74) is 3.54. The van der Waals surface area contributed by atoms with Gasteiger partial charge in [-0.1, -0.05) is 55.8 Å². The molecule has 1 atom stereocenters. The third-order valence-electron chi connectivity index (χ3n) is 5.10. The zero-order chi connectivity index (χ0) is 20.6. The minimum absolute atomic E-state index is 0.0691. The van der Waals surface area contributed by atoms with Crippen LogP contribution in [0.4, 0.5) is 0 Å². The summed E-state index contributed by atoms with van der Waals surface area (Å²) in [4.78, 5) is 16.2. The van der Waals surface area contributed by atoms with Gasteiger partial charge in [0, 0.05) is 29.8 Å². The molecule has 1 aliphatic heterocycles.